The van der Waals surface area contributed by atoms with E-state index in [0.717, 1.165) is 0 Å². The summed E-state index contributed by atoms with van der Waals surface area (Å²) >= 11 is 0. The number of hydrogen-bond donors (Lipinski definition) is 1. The van der Waals surface area contributed by atoms with Crippen LogP contribution in [-0.2, 0) is 0 Å². The van der Waals surface area contributed by atoms with Crippen LogP contribution in [-0.4, -0.2) is 28.2 Å². The second-order valence-corrected chi connectivity index (χ2v) is 4.63. The third-order valence-electron chi connectivity index (χ3n) is 3.13. The second-order valence-electron chi connectivity index (χ2n) is 4.63. The van der Waals surface area contributed by atoms with E-state index < -0.39 is 0 Å². The average Bonchev–Trinajstić information content (AvgIpc) is 2.94. The molecule has 0 saturated carbocycles. The van der Waals surface area contributed by atoms with E-state index in [1.807, 2.05) is 13.0 Å². The maximum atomic E-state index is 9.70. The zero-order valence-corrected chi connectivity index (χ0v) is 9.59. The minimum Gasteiger partial charge on any atom is -0.392 e. The molecular weight excluding hydrogens is 186 g/mol. The van der Waals surface area contributed by atoms with E-state index in [2.05, 4.69) is 43.0 Å². The minimum absolute atomic E-state index is 0.252. The second kappa shape index (κ2) is 3.95. The highest BCUT2D eigenvalue weighted by atomic mass is 16.3. The van der Waals surface area contributed by atoms with Gasteiger partial charge in [0.2, 0.25) is 0 Å². The lowest BCUT2D eigenvalue weighted by atomic mass is 10.1. The predicted octanol–water partition coefficient (Wildman–Crippen LogP) is 2.20. The molecule has 82 valence electrons. The van der Waals surface area contributed by atoms with Crippen molar-refractivity contribution >= 4 is 0 Å². The van der Waals surface area contributed by atoms with Crippen LogP contribution < -0.4 is 0 Å². The van der Waals surface area contributed by atoms with Crippen LogP contribution in [0.25, 0.3) is 0 Å². The van der Waals surface area contributed by atoms with Gasteiger partial charge in [-0.1, -0.05) is 30.3 Å². The van der Waals surface area contributed by atoms with Crippen LogP contribution in [0.5, 0.6) is 0 Å². The molecule has 0 bridgehead atoms. The van der Waals surface area contributed by atoms with Gasteiger partial charge in [-0.2, -0.15) is 0 Å². The SMILES string of the molecule is CC(C)N1[C@H]([C@@H](C)O)[C@@H]1c1ccccc1. The van der Waals surface area contributed by atoms with Gasteiger partial charge < -0.3 is 5.11 Å². The topological polar surface area (TPSA) is 23.2 Å². The van der Waals surface area contributed by atoms with Crippen molar-refractivity contribution in [2.45, 2.75) is 45.0 Å². The van der Waals surface area contributed by atoms with E-state index >= 15 is 0 Å². The van der Waals surface area contributed by atoms with Gasteiger partial charge in [0, 0.05) is 6.04 Å². The summed E-state index contributed by atoms with van der Waals surface area (Å²) in [5, 5.41) is 9.70. The smallest absolute Gasteiger partial charge is 0.0686 e. The summed E-state index contributed by atoms with van der Waals surface area (Å²) in [7, 11) is 0. The monoisotopic (exact) mass is 205 g/mol. The van der Waals surface area contributed by atoms with Crippen molar-refractivity contribution in [2.24, 2.45) is 0 Å². The van der Waals surface area contributed by atoms with E-state index in [1.54, 1.807) is 0 Å². The van der Waals surface area contributed by atoms with E-state index in [-0.39, 0.29) is 6.10 Å². The molecule has 1 aliphatic rings. The molecule has 0 spiro atoms. The molecule has 0 aromatic heterocycles. The van der Waals surface area contributed by atoms with E-state index in [9.17, 15) is 5.11 Å². The zero-order chi connectivity index (χ0) is 11.0. The normalized spacial score (nSPS) is 31.7. The summed E-state index contributed by atoms with van der Waals surface area (Å²) < 4.78 is 0. The van der Waals surface area contributed by atoms with Crippen molar-refractivity contribution in [3.05, 3.63) is 35.9 Å². The molecule has 1 aromatic carbocycles. The van der Waals surface area contributed by atoms with Crippen molar-refractivity contribution in [3.63, 3.8) is 0 Å². The van der Waals surface area contributed by atoms with Gasteiger partial charge in [-0.15, -0.1) is 0 Å². The third kappa shape index (κ3) is 1.92. The third-order valence-corrected chi connectivity index (χ3v) is 3.13. The van der Waals surface area contributed by atoms with Gasteiger partial charge in [0.1, 0.15) is 0 Å². The van der Waals surface area contributed by atoms with Crippen LogP contribution in [0.1, 0.15) is 32.4 Å². The summed E-state index contributed by atoms with van der Waals surface area (Å²) in [6.07, 6.45) is -0.252. The van der Waals surface area contributed by atoms with E-state index in [4.69, 9.17) is 0 Å². The standard InChI is InChI=1S/C13H19NO/c1-9(2)14-12(10(3)15)13(14)11-7-5-4-6-8-11/h4-10,12-13,15H,1-3H3/t10-,12-,13+,14?/m1/s1. The van der Waals surface area contributed by atoms with Gasteiger partial charge in [0.05, 0.1) is 18.2 Å². The fourth-order valence-electron chi connectivity index (χ4n) is 2.46. The van der Waals surface area contributed by atoms with Crippen molar-refractivity contribution in [3.8, 4) is 0 Å². The minimum atomic E-state index is -0.252. The molecule has 4 atom stereocenters. The van der Waals surface area contributed by atoms with Crippen molar-refractivity contribution in [2.75, 3.05) is 0 Å². The molecule has 1 unspecified atom stereocenters. The summed E-state index contributed by atoms with van der Waals surface area (Å²) in [5.74, 6) is 0. The first-order valence-electron chi connectivity index (χ1n) is 5.63. The van der Waals surface area contributed by atoms with Crippen LogP contribution in [0.4, 0.5) is 0 Å². The molecule has 15 heavy (non-hydrogen) atoms. The fraction of sp³-hybridized carbons (Fsp3) is 0.538. The Labute approximate surface area is 91.5 Å². The van der Waals surface area contributed by atoms with Crippen LogP contribution in [0, 0.1) is 0 Å². The van der Waals surface area contributed by atoms with Gasteiger partial charge in [-0.05, 0) is 26.3 Å². The molecule has 0 aliphatic carbocycles. The van der Waals surface area contributed by atoms with Gasteiger partial charge in [0.25, 0.3) is 0 Å². The van der Waals surface area contributed by atoms with Crippen molar-refractivity contribution < 1.29 is 5.11 Å². The predicted molar refractivity (Wildman–Crippen MR) is 61.6 cm³/mol. The summed E-state index contributed by atoms with van der Waals surface area (Å²) in [5.41, 5.74) is 1.32. The first-order chi connectivity index (χ1) is 7.13. The van der Waals surface area contributed by atoms with Gasteiger partial charge >= 0.3 is 0 Å². The fourth-order valence-corrected chi connectivity index (χ4v) is 2.46. The maximum Gasteiger partial charge on any atom is 0.0686 e. The average molecular weight is 205 g/mol. The summed E-state index contributed by atoms with van der Waals surface area (Å²) in [4.78, 5) is 2.36. The zero-order valence-electron chi connectivity index (χ0n) is 9.59. The Bertz CT molecular complexity index is 307. The lowest BCUT2D eigenvalue weighted by Gasteiger charge is -2.08. The number of nitrogens with zero attached hydrogens (tertiary/aromatic N) is 1. The highest BCUT2D eigenvalue weighted by Gasteiger charge is 2.51. The molecule has 1 N–H and O–H groups in total. The van der Waals surface area contributed by atoms with Crippen LogP contribution in [0.3, 0.4) is 0 Å². The number of aliphatic hydroxyl groups excluding tert-OH is 1. The molecule has 1 aromatic rings. The molecule has 0 amide bonds. The van der Waals surface area contributed by atoms with E-state index in [1.165, 1.54) is 5.56 Å². The van der Waals surface area contributed by atoms with Crippen molar-refractivity contribution in [1.29, 1.82) is 0 Å². The molecule has 1 fully saturated rings. The highest BCUT2D eigenvalue weighted by molar-refractivity contribution is 5.28. The molecule has 2 nitrogen and oxygen atoms in total. The Kier molecular flexibility index (Phi) is 2.81. The molecule has 1 heterocycles. The highest BCUT2D eigenvalue weighted by Crippen LogP contribution is 2.46. The maximum absolute atomic E-state index is 9.70. The largest absolute Gasteiger partial charge is 0.392 e. The van der Waals surface area contributed by atoms with Gasteiger partial charge in [-0.25, -0.2) is 0 Å². The Morgan fingerprint density at radius 3 is 2.13 bits per heavy atom. The van der Waals surface area contributed by atoms with Crippen LogP contribution in [0.2, 0.25) is 0 Å². The quantitative estimate of drug-likeness (QED) is 0.765. The Hall–Kier alpha value is -0.860. The Balaban J connectivity index is 2.18. The lowest BCUT2D eigenvalue weighted by Crippen LogP contribution is -2.19. The molecule has 2 rings (SSSR count). The number of rotatable bonds is 3. The summed E-state index contributed by atoms with van der Waals surface area (Å²) in [6.45, 7) is 6.24. The van der Waals surface area contributed by atoms with Crippen molar-refractivity contribution in [1.82, 2.24) is 4.90 Å². The Morgan fingerprint density at radius 2 is 1.73 bits per heavy atom. The number of aliphatic hydroxyl groups is 1. The first kappa shape index (κ1) is 10.7. The van der Waals surface area contributed by atoms with Crippen LogP contribution >= 0.6 is 0 Å². The molecule has 1 aliphatic heterocycles. The molecule has 2 heteroatoms. The molecule has 1 saturated heterocycles. The first-order valence-corrected chi connectivity index (χ1v) is 5.63. The molecular formula is C13H19NO. The molecule has 0 radical (unpaired) electrons. The number of hydrogen-bond acceptors (Lipinski definition) is 2. The number of benzene rings is 1. The van der Waals surface area contributed by atoms with Gasteiger partial charge in [-0.3, -0.25) is 4.90 Å². The lowest BCUT2D eigenvalue weighted by molar-refractivity contribution is 0.168. The Morgan fingerprint density at radius 1 is 1.13 bits per heavy atom. The summed E-state index contributed by atoms with van der Waals surface area (Å²) in [6, 6.07) is 11.6. The van der Waals surface area contributed by atoms with Gasteiger partial charge in [0.15, 0.2) is 0 Å². The van der Waals surface area contributed by atoms with Crippen LogP contribution in [0.15, 0.2) is 30.3 Å². The van der Waals surface area contributed by atoms with E-state index in [0.29, 0.717) is 18.1 Å².